The van der Waals surface area contributed by atoms with Crippen LogP contribution < -0.4 is 5.32 Å². The number of halogens is 1. The van der Waals surface area contributed by atoms with Crippen molar-refractivity contribution in [3.63, 3.8) is 0 Å². The zero-order chi connectivity index (χ0) is 14.7. The molecule has 20 heavy (non-hydrogen) atoms. The Kier molecular flexibility index (Phi) is 5.01. The standard InChI is InChI=1S/C14H20BrN3O2/c1-17-5-6-18(2)11(9-17)8-16-13-4-3-10(14(19)20)7-12(13)15/h3-4,7,11,16H,5-6,8-9H2,1-2H3,(H,19,20). The van der Waals surface area contributed by atoms with Gasteiger partial charge in [0.1, 0.15) is 0 Å². The van der Waals surface area contributed by atoms with E-state index in [1.807, 2.05) is 0 Å². The number of hydrogen-bond donors (Lipinski definition) is 2. The molecule has 6 heteroatoms. The van der Waals surface area contributed by atoms with Gasteiger partial charge in [-0.15, -0.1) is 0 Å². The number of rotatable bonds is 4. The second-order valence-electron chi connectivity index (χ2n) is 5.28. The fraction of sp³-hybridized carbons (Fsp3) is 0.500. The summed E-state index contributed by atoms with van der Waals surface area (Å²) in [6, 6.07) is 5.51. The van der Waals surface area contributed by atoms with Crippen LogP contribution in [0.4, 0.5) is 5.69 Å². The van der Waals surface area contributed by atoms with Gasteiger partial charge >= 0.3 is 5.97 Å². The molecule has 0 aliphatic carbocycles. The van der Waals surface area contributed by atoms with Gasteiger partial charge in [-0.2, -0.15) is 0 Å². The quantitative estimate of drug-likeness (QED) is 0.874. The van der Waals surface area contributed by atoms with Crippen molar-refractivity contribution in [3.05, 3.63) is 28.2 Å². The molecule has 2 N–H and O–H groups in total. The number of anilines is 1. The van der Waals surface area contributed by atoms with Crippen molar-refractivity contribution in [2.24, 2.45) is 0 Å². The number of carboxylic acids is 1. The summed E-state index contributed by atoms with van der Waals surface area (Å²) in [6.07, 6.45) is 0. The van der Waals surface area contributed by atoms with E-state index in [9.17, 15) is 4.79 Å². The summed E-state index contributed by atoms with van der Waals surface area (Å²) in [4.78, 5) is 15.6. The molecule has 0 amide bonds. The zero-order valence-electron chi connectivity index (χ0n) is 11.8. The molecule has 1 aromatic carbocycles. The Balaban J connectivity index is 1.98. The molecule has 0 spiro atoms. The largest absolute Gasteiger partial charge is 0.478 e. The molecular formula is C14H20BrN3O2. The SMILES string of the molecule is CN1CCN(C)C(CNc2ccc(C(=O)O)cc2Br)C1. The predicted molar refractivity (Wildman–Crippen MR) is 83.5 cm³/mol. The number of benzene rings is 1. The van der Waals surface area contributed by atoms with Gasteiger partial charge in [0.05, 0.1) is 5.56 Å². The molecule has 110 valence electrons. The molecule has 1 aliphatic heterocycles. The van der Waals surface area contributed by atoms with Crippen LogP contribution in [-0.2, 0) is 0 Å². The average molecular weight is 342 g/mol. The van der Waals surface area contributed by atoms with E-state index < -0.39 is 5.97 Å². The van der Waals surface area contributed by atoms with E-state index in [1.165, 1.54) is 0 Å². The lowest BCUT2D eigenvalue weighted by Crippen LogP contribution is -2.52. The number of carbonyl (C=O) groups is 1. The minimum absolute atomic E-state index is 0.289. The molecule has 0 aromatic heterocycles. The summed E-state index contributed by atoms with van der Waals surface area (Å²) in [5, 5.41) is 12.3. The van der Waals surface area contributed by atoms with Gasteiger partial charge in [0.15, 0.2) is 0 Å². The molecule has 1 unspecified atom stereocenters. The van der Waals surface area contributed by atoms with Crippen molar-refractivity contribution in [2.45, 2.75) is 6.04 Å². The first kappa shape index (κ1) is 15.3. The van der Waals surface area contributed by atoms with Gasteiger partial charge in [-0.1, -0.05) is 0 Å². The van der Waals surface area contributed by atoms with Crippen LogP contribution >= 0.6 is 15.9 Å². The highest BCUT2D eigenvalue weighted by Gasteiger charge is 2.21. The minimum atomic E-state index is -0.911. The smallest absolute Gasteiger partial charge is 0.335 e. The molecule has 1 heterocycles. The number of carboxylic acid groups (broad SMARTS) is 1. The third kappa shape index (κ3) is 3.71. The first-order valence-corrected chi connectivity index (χ1v) is 7.42. The number of nitrogens with one attached hydrogen (secondary N) is 1. The van der Waals surface area contributed by atoms with Crippen molar-refractivity contribution in [1.82, 2.24) is 9.80 Å². The van der Waals surface area contributed by atoms with E-state index in [4.69, 9.17) is 5.11 Å². The topological polar surface area (TPSA) is 55.8 Å². The fourth-order valence-electron chi connectivity index (χ4n) is 2.34. The predicted octanol–water partition coefficient (Wildman–Crippen LogP) is 1.80. The Morgan fingerprint density at radius 3 is 2.85 bits per heavy atom. The summed E-state index contributed by atoms with van der Waals surface area (Å²) in [5.41, 5.74) is 1.22. The van der Waals surface area contributed by atoms with Crippen molar-refractivity contribution in [1.29, 1.82) is 0 Å². The number of piperazine rings is 1. The number of aromatic carboxylic acids is 1. The van der Waals surface area contributed by atoms with E-state index in [0.717, 1.165) is 36.3 Å². The van der Waals surface area contributed by atoms with Crippen LogP contribution in [0.2, 0.25) is 0 Å². The van der Waals surface area contributed by atoms with E-state index in [0.29, 0.717) is 6.04 Å². The first-order valence-electron chi connectivity index (χ1n) is 6.63. The highest BCUT2D eigenvalue weighted by Crippen LogP contribution is 2.24. The third-order valence-electron chi connectivity index (χ3n) is 3.72. The van der Waals surface area contributed by atoms with Gasteiger partial charge in [-0.05, 0) is 48.2 Å². The highest BCUT2D eigenvalue weighted by molar-refractivity contribution is 9.10. The Morgan fingerprint density at radius 2 is 2.20 bits per heavy atom. The molecule has 1 fully saturated rings. The van der Waals surface area contributed by atoms with Crippen molar-refractivity contribution in [2.75, 3.05) is 45.6 Å². The molecule has 1 atom stereocenters. The lowest BCUT2D eigenvalue weighted by atomic mass is 10.1. The van der Waals surface area contributed by atoms with Gasteiger partial charge < -0.3 is 15.3 Å². The first-order chi connectivity index (χ1) is 9.47. The van der Waals surface area contributed by atoms with Crippen LogP contribution in [0, 0.1) is 0 Å². The molecule has 0 saturated carbocycles. The summed E-state index contributed by atoms with van der Waals surface area (Å²) < 4.78 is 0.782. The maximum atomic E-state index is 10.9. The normalized spacial score (nSPS) is 20.9. The van der Waals surface area contributed by atoms with Gasteiger partial charge in [0, 0.05) is 42.4 Å². The molecule has 5 nitrogen and oxygen atoms in total. The second kappa shape index (κ2) is 6.56. The highest BCUT2D eigenvalue weighted by atomic mass is 79.9. The maximum Gasteiger partial charge on any atom is 0.335 e. The van der Waals surface area contributed by atoms with Gasteiger partial charge in [-0.25, -0.2) is 4.79 Å². The molecule has 1 aliphatic rings. The van der Waals surface area contributed by atoms with E-state index in [1.54, 1.807) is 18.2 Å². The van der Waals surface area contributed by atoms with E-state index >= 15 is 0 Å². The van der Waals surface area contributed by atoms with Crippen LogP contribution in [0.1, 0.15) is 10.4 Å². The molecule has 0 bridgehead atoms. The summed E-state index contributed by atoms with van der Waals surface area (Å²) >= 11 is 3.42. The van der Waals surface area contributed by atoms with Crippen molar-refractivity contribution >= 4 is 27.6 Å². The molecule has 1 aromatic rings. The van der Waals surface area contributed by atoms with Crippen LogP contribution in [-0.4, -0.2) is 67.2 Å². The number of likely N-dealkylation sites (N-methyl/N-ethyl adjacent to an activating group) is 2. The number of nitrogens with zero attached hydrogens (tertiary/aromatic N) is 2. The maximum absolute atomic E-state index is 10.9. The van der Waals surface area contributed by atoms with Crippen molar-refractivity contribution in [3.8, 4) is 0 Å². The van der Waals surface area contributed by atoms with E-state index in [2.05, 4.69) is 45.1 Å². The van der Waals surface area contributed by atoms with Crippen LogP contribution in [0.3, 0.4) is 0 Å². The number of hydrogen-bond acceptors (Lipinski definition) is 4. The zero-order valence-corrected chi connectivity index (χ0v) is 13.4. The fourth-order valence-corrected chi connectivity index (χ4v) is 2.86. The minimum Gasteiger partial charge on any atom is -0.478 e. The van der Waals surface area contributed by atoms with Gasteiger partial charge in [-0.3, -0.25) is 4.90 Å². The van der Waals surface area contributed by atoms with Crippen LogP contribution in [0.25, 0.3) is 0 Å². The third-order valence-corrected chi connectivity index (χ3v) is 4.38. The van der Waals surface area contributed by atoms with Crippen LogP contribution in [0.5, 0.6) is 0 Å². The molecular weight excluding hydrogens is 322 g/mol. The average Bonchev–Trinajstić information content (AvgIpc) is 2.40. The van der Waals surface area contributed by atoms with Gasteiger partial charge in [0.2, 0.25) is 0 Å². The Morgan fingerprint density at radius 1 is 1.45 bits per heavy atom. The summed E-state index contributed by atoms with van der Waals surface area (Å²) in [7, 11) is 4.28. The lowest BCUT2D eigenvalue weighted by Gasteiger charge is -2.38. The molecule has 2 rings (SSSR count). The monoisotopic (exact) mass is 341 g/mol. The molecule has 0 radical (unpaired) electrons. The van der Waals surface area contributed by atoms with E-state index in [-0.39, 0.29) is 5.56 Å². The summed E-state index contributed by atoms with van der Waals surface area (Å²) in [5.74, 6) is -0.911. The Labute approximate surface area is 127 Å². The second-order valence-corrected chi connectivity index (χ2v) is 6.13. The molecule has 1 saturated heterocycles. The summed E-state index contributed by atoms with van der Waals surface area (Å²) in [6.45, 7) is 4.05. The Hall–Kier alpha value is -1.11. The van der Waals surface area contributed by atoms with Crippen molar-refractivity contribution < 1.29 is 9.90 Å². The Bertz CT molecular complexity index is 495. The van der Waals surface area contributed by atoms with Gasteiger partial charge in [0.25, 0.3) is 0 Å². The van der Waals surface area contributed by atoms with Crippen LogP contribution in [0.15, 0.2) is 22.7 Å². The lowest BCUT2D eigenvalue weighted by molar-refractivity contribution is 0.0697.